The lowest BCUT2D eigenvalue weighted by molar-refractivity contribution is 0.0654. The highest BCUT2D eigenvalue weighted by molar-refractivity contribution is 9.10. The first-order valence-electron chi connectivity index (χ1n) is 6.56. The fraction of sp³-hybridized carbons (Fsp3) is 0.462. The lowest BCUT2D eigenvalue weighted by atomic mass is 10.1. The van der Waals surface area contributed by atoms with Crippen LogP contribution in [0.3, 0.4) is 0 Å². The van der Waals surface area contributed by atoms with Crippen molar-refractivity contribution in [1.82, 2.24) is 10.2 Å². The summed E-state index contributed by atoms with van der Waals surface area (Å²) in [6.45, 7) is 5.60. The van der Waals surface area contributed by atoms with Gasteiger partial charge in [-0.3, -0.25) is 4.79 Å². The number of hydrogen-bond acceptors (Lipinski definition) is 4. The molecule has 0 saturated carbocycles. The highest BCUT2D eigenvalue weighted by Gasteiger charge is 2.27. The fourth-order valence-corrected chi connectivity index (χ4v) is 3.91. The fourth-order valence-electron chi connectivity index (χ4n) is 2.47. The minimum atomic E-state index is -3.87. The maximum atomic E-state index is 12.7. The zero-order valence-corrected chi connectivity index (χ0v) is 15.5. The molecule has 1 aromatic carbocycles. The van der Waals surface area contributed by atoms with Crippen LogP contribution < -0.4 is 10.5 Å². The molecule has 1 unspecified atom stereocenters. The van der Waals surface area contributed by atoms with Gasteiger partial charge in [0, 0.05) is 35.7 Å². The Morgan fingerprint density at radius 3 is 2.64 bits per heavy atom. The van der Waals surface area contributed by atoms with Crippen molar-refractivity contribution in [3.05, 3.63) is 27.7 Å². The lowest BCUT2D eigenvalue weighted by Gasteiger charge is -2.34. The third-order valence-corrected chi connectivity index (χ3v) is 5.12. The number of amides is 1. The molecule has 2 rings (SSSR count). The second-order valence-electron chi connectivity index (χ2n) is 5.17. The number of nitrogens with zero attached hydrogens (tertiary/aromatic N) is 1. The van der Waals surface area contributed by atoms with Gasteiger partial charge in [-0.25, -0.2) is 13.6 Å². The Balaban J connectivity index is 0.00000242. The van der Waals surface area contributed by atoms with Gasteiger partial charge in [0.15, 0.2) is 0 Å². The van der Waals surface area contributed by atoms with E-state index >= 15 is 0 Å². The smallest absolute Gasteiger partial charge is 0.254 e. The molecule has 9 heteroatoms. The summed E-state index contributed by atoms with van der Waals surface area (Å²) in [6, 6.07) is 3.12. The van der Waals surface area contributed by atoms with Gasteiger partial charge < -0.3 is 10.2 Å². The molecule has 1 amide bonds. The van der Waals surface area contributed by atoms with Crippen LogP contribution in [0.1, 0.15) is 22.8 Å². The normalized spacial score (nSPS) is 18.7. The van der Waals surface area contributed by atoms with Crippen LogP contribution in [-0.2, 0) is 10.0 Å². The Morgan fingerprint density at radius 1 is 1.45 bits per heavy atom. The topological polar surface area (TPSA) is 92.5 Å². The number of halogens is 2. The molecule has 0 radical (unpaired) electrons. The van der Waals surface area contributed by atoms with Gasteiger partial charge in [-0.2, -0.15) is 0 Å². The molecule has 1 aromatic rings. The van der Waals surface area contributed by atoms with Crippen molar-refractivity contribution in [1.29, 1.82) is 0 Å². The number of benzene rings is 1. The van der Waals surface area contributed by atoms with Crippen LogP contribution in [0.15, 0.2) is 21.5 Å². The molecular formula is C13H19BrClN3O3S. The quantitative estimate of drug-likeness (QED) is 0.765. The number of sulfonamides is 1. The van der Waals surface area contributed by atoms with Crippen LogP contribution in [0.5, 0.6) is 0 Å². The highest BCUT2D eigenvalue weighted by atomic mass is 79.9. The summed E-state index contributed by atoms with van der Waals surface area (Å²) in [5.74, 6) is -0.173. The molecule has 22 heavy (non-hydrogen) atoms. The molecule has 1 aliphatic heterocycles. The van der Waals surface area contributed by atoms with E-state index in [4.69, 9.17) is 5.14 Å². The number of carbonyl (C=O) groups is 1. The van der Waals surface area contributed by atoms with Gasteiger partial charge in [0.2, 0.25) is 10.0 Å². The van der Waals surface area contributed by atoms with E-state index in [0.29, 0.717) is 22.1 Å². The van der Waals surface area contributed by atoms with Crippen molar-refractivity contribution < 1.29 is 13.2 Å². The Morgan fingerprint density at radius 2 is 2.09 bits per heavy atom. The molecule has 0 bridgehead atoms. The number of carbonyl (C=O) groups excluding carboxylic acids is 1. The predicted molar refractivity (Wildman–Crippen MR) is 90.9 cm³/mol. The minimum Gasteiger partial charge on any atom is -0.333 e. The van der Waals surface area contributed by atoms with Crippen molar-refractivity contribution in [3.63, 3.8) is 0 Å². The van der Waals surface area contributed by atoms with E-state index in [1.807, 2.05) is 6.92 Å². The Kier molecular flexibility index (Phi) is 6.40. The standard InChI is InChI=1S/C13H18BrN3O3S.ClH/c1-8-7-16-3-4-17(8)13(18)11-5-10(14)6-12(9(11)2)21(15,19)20;/h5-6,8,16H,3-4,7H2,1-2H3,(H2,15,19,20);1H. The molecule has 0 aromatic heterocycles. The summed E-state index contributed by atoms with van der Waals surface area (Å²) in [6.07, 6.45) is 0. The predicted octanol–water partition coefficient (Wildman–Crippen LogP) is 1.26. The average molecular weight is 413 g/mol. The lowest BCUT2D eigenvalue weighted by Crippen LogP contribution is -2.52. The number of rotatable bonds is 2. The number of hydrogen-bond donors (Lipinski definition) is 2. The van der Waals surface area contributed by atoms with Gasteiger partial charge in [-0.1, -0.05) is 15.9 Å². The second-order valence-corrected chi connectivity index (χ2v) is 7.62. The maximum absolute atomic E-state index is 12.7. The first kappa shape index (κ1) is 19.4. The molecule has 1 aliphatic rings. The van der Waals surface area contributed by atoms with Gasteiger partial charge in [-0.05, 0) is 31.5 Å². The molecule has 0 spiro atoms. The average Bonchev–Trinajstić information content (AvgIpc) is 2.39. The van der Waals surface area contributed by atoms with Gasteiger partial charge in [0.1, 0.15) is 0 Å². The molecule has 1 atom stereocenters. The SMILES string of the molecule is Cc1c(C(=O)N2CCNCC2C)cc(Br)cc1S(N)(=O)=O.Cl. The van der Waals surface area contributed by atoms with Crippen LogP contribution in [0, 0.1) is 6.92 Å². The van der Waals surface area contributed by atoms with Crippen LogP contribution in [-0.4, -0.2) is 44.9 Å². The van der Waals surface area contributed by atoms with E-state index in [1.54, 1.807) is 17.9 Å². The third-order valence-electron chi connectivity index (χ3n) is 3.62. The molecule has 1 saturated heterocycles. The Labute approximate surface area is 145 Å². The number of nitrogens with two attached hydrogens (primary N) is 1. The summed E-state index contributed by atoms with van der Waals surface area (Å²) < 4.78 is 23.8. The van der Waals surface area contributed by atoms with Crippen molar-refractivity contribution in [2.75, 3.05) is 19.6 Å². The van der Waals surface area contributed by atoms with Gasteiger partial charge >= 0.3 is 0 Å². The molecule has 3 N–H and O–H groups in total. The van der Waals surface area contributed by atoms with Crippen LogP contribution >= 0.6 is 28.3 Å². The number of primary sulfonamides is 1. The van der Waals surface area contributed by atoms with Crippen molar-refractivity contribution in [3.8, 4) is 0 Å². The van der Waals surface area contributed by atoms with Gasteiger partial charge in [-0.15, -0.1) is 12.4 Å². The minimum absolute atomic E-state index is 0. The number of nitrogens with one attached hydrogen (secondary N) is 1. The summed E-state index contributed by atoms with van der Waals surface area (Å²) in [7, 11) is -3.87. The van der Waals surface area contributed by atoms with E-state index in [9.17, 15) is 13.2 Å². The highest BCUT2D eigenvalue weighted by Crippen LogP contribution is 2.25. The van der Waals surface area contributed by atoms with E-state index in [-0.39, 0.29) is 29.3 Å². The molecule has 6 nitrogen and oxygen atoms in total. The monoisotopic (exact) mass is 411 g/mol. The number of piperazine rings is 1. The molecule has 0 aliphatic carbocycles. The summed E-state index contributed by atoms with van der Waals surface area (Å²) >= 11 is 3.24. The zero-order valence-electron chi connectivity index (χ0n) is 12.3. The van der Waals surface area contributed by atoms with Crippen LogP contribution in [0.4, 0.5) is 0 Å². The van der Waals surface area contributed by atoms with Crippen LogP contribution in [0.2, 0.25) is 0 Å². The molecule has 124 valence electrons. The summed E-state index contributed by atoms with van der Waals surface area (Å²) in [5, 5.41) is 8.43. The second kappa shape index (κ2) is 7.27. The van der Waals surface area contributed by atoms with Crippen molar-refractivity contribution in [2.24, 2.45) is 5.14 Å². The molecule has 1 heterocycles. The van der Waals surface area contributed by atoms with Gasteiger partial charge in [0.05, 0.1) is 4.90 Å². The van der Waals surface area contributed by atoms with E-state index in [1.165, 1.54) is 6.07 Å². The maximum Gasteiger partial charge on any atom is 0.254 e. The summed E-state index contributed by atoms with van der Waals surface area (Å²) in [4.78, 5) is 14.4. The molecule has 1 fully saturated rings. The summed E-state index contributed by atoms with van der Waals surface area (Å²) in [5.41, 5.74) is 0.749. The third kappa shape index (κ3) is 3.99. The largest absolute Gasteiger partial charge is 0.333 e. The Hall–Kier alpha value is -0.670. The van der Waals surface area contributed by atoms with E-state index < -0.39 is 10.0 Å². The van der Waals surface area contributed by atoms with Gasteiger partial charge in [0.25, 0.3) is 5.91 Å². The first-order valence-corrected chi connectivity index (χ1v) is 8.90. The van der Waals surface area contributed by atoms with E-state index in [2.05, 4.69) is 21.2 Å². The van der Waals surface area contributed by atoms with Crippen LogP contribution in [0.25, 0.3) is 0 Å². The molecular weight excluding hydrogens is 394 g/mol. The zero-order chi connectivity index (χ0) is 15.8. The Bertz CT molecular complexity index is 681. The van der Waals surface area contributed by atoms with E-state index in [0.717, 1.165) is 13.1 Å². The first-order chi connectivity index (χ1) is 9.71. The van der Waals surface area contributed by atoms with Crippen molar-refractivity contribution in [2.45, 2.75) is 24.8 Å². The van der Waals surface area contributed by atoms with Crippen molar-refractivity contribution >= 4 is 44.3 Å².